The number of rotatable bonds is 3. The molecule has 2 heterocycles. The van der Waals surface area contributed by atoms with Crippen molar-refractivity contribution in [3.05, 3.63) is 35.1 Å². The Morgan fingerprint density at radius 3 is 3.06 bits per heavy atom. The van der Waals surface area contributed by atoms with E-state index >= 15 is 0 Å². The molecule has 92 valence electrons. The molecule has 1 amide bonds. The van der Waals surface area contributed by atoms with Crippen molar-refractivity contribution >= 4 is 28.1 Å². The van der Waals surface area contributed by atoms with Crippen LogP contribution >= 0.6 is 11.3 Å². The molecule has 0 saturated heterocycles. The maximum Gasteiger partial charge on any atom is 0.259 e. The number of carbonyl (C=O) groups is 1. The maximum absolute atomic E-state index is 12.0. The van der Waals surface area contributed by atoms with Gasteiger partial charge in [0.25, 0.3) is 5.91 Å². The number of nitrogens with one attached hydrogen (secondary N) is 1. The summed E-state index contributed by atoms with van der Waals surface area (Å²) >= 11 is 1.45. The van der Waals surface area contributed by atoms with E-state index < -0.39 is 0 Å². The van der Waals surface area contributed by atoms with Crippen molar-refractivity contribution in [3.63, 3.8) is 0 Å². The van der Waals surface area contributed by atoms with Gasteiger partial charge in [0.05, 0.1) is 23.1 Å². The molecule has 3 N–H and O–H groups in total. The summed E-state index contributed by atoms with van der Waals surface area (Å²) in [6.45, 7) is 0. The van der Waals surface area contributed by atoms with Crippen molar-refractivity contribution in [1.29, 1.82) is 0 Å². The summed E-state index contributed by atoms with van der Waals surface area (Å²) in [6, 6.07) is 1.60. The van der Waals surface area contributed by atoms with Gasteiger partial charge in [-0.15, -0.1) is 11.3 Å². The molecule has 0 unspecified atom stereocenters. The molecule has 2 aromatic heterocycles. The zero-order chi connectivity index (χ0) is 12.5. The monoisotopic (exact) mass is 260 g/mol. The summed E-state index contributed by atoms with van der Waals surface area (Å²) in [5, 5.41) is 5.39. The smallest absolute Gasteiger partial charge is 0.259 e. The molecule has 1 fully saturated rings. The van der Waals surface area contributed by atoms with Gasteiger partial charge >= 0.3 is 0 Å². The molecule has 3 rings (SSSR count). The van der Waals surface area contributed by atoms with Crippen LogP contribution in [0.3, 0.4) is 0 Å². The second-order valence-corrected chi connectivity index (χ2v) is 5.13. The molecule has 0 spiro atoms. The van der Waals surface area contributed by atoms with Crippen LogP contribution in [0, 0.1) is 0 Å². The van der Waals surface area contributed by atoms with Gasteiger partial charge in [0.2, 0.25) is 0 Å². The van der Waals surface area contributed by atoms with E-state index in [2.05, 4.69) is 15.3 Å². The summed E-state index contributed by atoms with van der Waals surface area (Å²) in [5.74, 6) is 0.351. The number of aromatic nitrogens is 2. The van der Waals surface area contributed by atoms with Gasteiger partial charge in [0.15, 0.2) is 5.13 Å². The molecule has 0 bridgehead atoms. The minimum Gasteiger partial charge on any atom is -0.397 e. The second kappa shape index (κ2) is 4.38. The lowest BCUT2D eigenvalue weighted by Crippen LogP contribution is -2.14. The maximum atomic E-state index is 12.0. The van der Waals surface area contributed by atoms with E-state index in [1.807, 2.05) is 5.38 Å². The summed E-state index contributed by atoms with van der Waals surface area (Å²) in [7, 11) is 0. The highest BCUT2D eigenvalue weighted by molar-refractivity contribution is 7.14. The Balaban J connectivity index is 1.75. The van der Waals surface area contributed by atoms with E-state index in [-0.39, 0.29) is 5.91 Å². The van der Waals surface area contributed by atoms with Gasteiger partial charge in [0.1, 0.15) is 0 Å². The van der Waals surface area contributed by atoms with E-state index in [4.69, 9.17) is 5.73 Å². The number of amides is 1. The molecule has 18 heavy (non-hydrogen) atoms. The van der Waals surface area contributed by atoms with Crippen molar-refractivity contribution in [1.82, 2.24) is 9.97 Å². The summed E-state index contributed by atoms with van der Waals surface area (Å²) in [4.78, 5) is 20.2. The van der Waals surface area contributed by atoms with Crippen molar-refractivity contribution in [2.45, 2.75) is 18.8 Å². The number of thiazole rings is 1. The molecular formula is C12H12N4OS. The minimum absolute atomic E-state index is 0.244. The Hall–Kier alpha value is -1.95. The normalized spacial score (nSPS) is 14.4. The lowest BCUT2D eigenvalue weighted by atomic mass is 10.2. The van der Waals surface area contributed by atoms with Gasteiger partial charge in [0, 0.05) is 17.5 Å². The number of hydrogen-bond acceptors (Lipinski definition) is 5. The van der Waals surface area contributed by atoms with Crippen molar-refractivity contribution in [3.8, 4) is 0 Å². The first kappa shape index (κ1) is 11.2. The topological polar surface area (TPSA) is 80.9 Å². The zero-order valence-electron chi connectivity index (χ0n) is 9.59. The van der Waals surface area contributed by atoms with Crippen molar-refractivity contribution in [2.75, 3.05) is 11.1 Å². The molecule has 2 aromatic rings. The van der Waals surface area contributed by atoms with Gasteiger partial charge in [-0.25, -0.2) is 4.98 Å². The summed E-state index contributed by atoms with van der Waals surface area (Å²) in [5.41, 5.74) is 7.57. The Bertz CT molecular complexity index is 591. The summed E-state index contributed by atoms with van der Waals surface area (Å²) < 4.78 is 0. The van der Waals surface area contributed by atoms with Crippen LogP contribution in [0.4, 0.5) is 10.8 Å². The lowest BCUT2D eigenvalue weighted by molar-refractivity contribution is 0.102. The molecule has 1 aliphatic rings. The van der Waals surface area contributed by atoms with Crippen LogP contribution < -0.4 is 11.1 Å². The highest BCUT2D eigenvalue weighted by Crippen LogP contribution is 2.40. The lowest BCUT2D eigenvalue weighted by Gasteiger charge is -2.03. The van der Waals surface area contributed by atoms with E-state index in [9.17, 15) is 4.79 Å². The number of hydrogen-bond donors (Lipinski definition) is 2. The fraction of sp³-hybridized carbons (Fsp3) is 0.250. The fourth-order valence-corrected chi connectivity index (χ4v) is 2.48. The summed E-state index contributed by atoms with van der Waals surface area (Å²) in [6.07, 6.45) is 5.41. The quantitative estimate of drug-likeness (QED) is 0.886. The molecule has 0 aromatic carbocycles. The highest BCUT2D eigenvalue weighted by atomic mass is 32.1. The molecule has 0 aliphatic heterocycles. The van der Waals surface area contributed by atoms with Crippen LogP contribution in [0.2, 0.25) is 0 Å². The predicted octanol–water partition coefficient (Wildman–Crippen LogP) is 2.25. The van der Waals surface area contributed by atoms with E-state index in [0.717, 1.165) is 5.69 Å². The molecule has 6 heteroatoms. The fourth-order valence-electron chi connectivity index (χ4n) is 1.69. The van der Waals surface area contributed by atoms with Gasteiger partial charge in [-0.2, -0.15) is 0 Å². The van der Waals surface area contributed by atoms with E-state index in [1.54, 1.807) is 12.3 Å². The third kappa shape index (κ3) is 2.19. The van der Waals surface area contributed by atoms with E-state index in [0.29, 0.717) is 22.3 Å². The van der Waals surface area contributed by atoms with Crippen LogP contribution in [-0.4, -0.2) is 15.9 Å². The van der Waals surface area contributed by atoms with Gasteiger partial charge in [-0.05, 0) is 18.9 Å². The first-order valence-corrected chi connectivity index (χ1v) is 6.58. The van der Waals surface area contributed by atoms with Crippen LogP contribution in [0.1, 0.15) is 34.8 Å². The molecule has 1 saturated carbocycles. The third-order valence-corrected chi connectivity index (χ3v) is 3.61. The number of nitrogen functional groups attached to an aromatic ring is 1. The Morgan fingerprint density at radius 1 is 1.50 bits per heavy atom. The molecular weight excluding hydrogens is 248 g/mol. The number of carbonyl (C=O) groups excluding carboxylic acids is 1. The van der Waals surface area contributed by atoms with Crippen LogP contribution in [0.15, 0.2) is 23.8 Å². The third-order valence-electron chi connectivity index (χ3n) is 2.83. The Labute approximate surface area is 108 Å². The largest absolute Gasteiger partial charge is 0.397 e. The first-order valence-electron chi connectivity index (χ1n) is 5.70. The standard InChI is InChI=1S/C12H12N4OS/c13-9-5-14-4-3-8(9)11(17)16-12-15-10(6-18-12)7-1-2-7/h3-7H,1-2,13H2,(H,15,16,17). The van der Waals surface area contributed by atoms with Crippen molar-refractivity contribution in [2.24, 2.45) is 0 Å². The van der Waals surface area contributed by atoms with Gasteiger partial charge in [-0.3, -0.25) is 15.1 Å². The van der Waals surface area contributed by atoms with Crippen LogP contribution in [0.5, 0.6) is 0 Å². The van der Waals surface area contributed by atoms with Gasteiger partial charge < -0.3 is 5.73 Å². The highest BCUT2D eigenvalue weighted by Gasteiger charge is 2.26. The van der Waals surface area contributed by atoms with Gasteiger partial charge in [-0.1, -0.05) is 0 Å². The SMILES string of the molecule is Nc1cnccc1C(=O)Nc1nc(C2CC2)cs1. The minimum atomic E-state index is -0.244. The average Bonchev–Trinajstić information content (AvgIpc) is 3.11. The Morgan fingerprint density at radius 2 is 2.33 bits per heavy atom. The molecule has 0 atom stereocenters. The van der Waals surface area contributed by atoms with Crippen LogP contribution in [0.25, 0.3) is 0 Å². The molecule has 1 aliphatic carbocycles. The number of nitrogens with two attached hydrogens (primary N) is 1. The predicted molar refractivity (Wildman–Crippen MR) is 70.7 cm³/mol. The van der Waals surface area contributed by atoms with Crippen molar-refractivity contribution < 1.29 is 4.79 Å². The Kier molecular flexibility index (Phi) is 2.71. The second-order valence-electron chi connectivity index (χ2n) is 4.27. The number of pyridine rings is 1. The first-order chi connectivity index (χ1) is 8.74. The van der Waals surface area contributed by atoms with Crippen LogP contribution in [-0.2, 0) is 0 Å². The molecule has 0 radical (unpaired) electrons. The molecule has 5 nitrogen and oxygen atoms in total. The zero-order valence-corrected chi connectivity index (χ0v) is 10.4. The average molecular weight is 260 g/mol. The number of nitrogens with zero attached hydrogens (tertiary/aromatic N) is 2. The van der Waals surface area contributed by atoms with E-state index in [1.165, 1.54) is 30.4 Å². The number of anilines is 2.